The van der Waals surface area contributed by atoms with Crippen LogP contribution in [0.25, 0.3) is 0 Å². The monoisotopic (exact) mass is 261 g/mol. The predicted molar refractivity (Wildman–Crippen MR) is 73.9 cm³/mol. The van der Waals surface area contributed by atoms with Crippen LogP contribution in [-0.2, 0) is 6.54 Å². The number of nitrogen functional groups attached to an aromatic ring is 1. The molecule has 0 aliphatic carbocycles. The molecule has 0 amide bonds. The van der Waals surface area contributed by atoms with Crippen molar-refractivity contribution < 1.29 is 0 Å². The SMILES string of the molecule is CCC(CC)n1ccc(Cn2nc(N)ccc2=O)n1. The molecule has 0 radical (unpaired) electrons. The van der Waals surface area contributed by atoms with Crippen molar-refractivity contribution in [2.75, 3.05) is 5.73 Å². The smallest absolute Gasteiger partial charge is 0.267 e. The molecule has 19 heavy (non-hydrogen) atoms. The zero-order valence-electron chi connectivity index (χ0n) is 11.3. The van der Waals surface area contributed by atoms with Crippen LogP contribution < -0.4 is 11.3 Å². The van der Waals surface area contributed by atoms with Gasteiger partial charge >= 0.3 is 0 Å². The normalized spacial score (nSPS) is 11.1. The molecule has 0 saturated heterocycles. The van der Waals surface area contributed by atoms with E-state index >= 15 is 0 Å². The summed E-state index contributed by atoms with van der Waals surface area (Å²) in [5.41, 5.74) is 6.22. The van der Waals surface area contributed by atoms with Gasteiger partial charge in [0.05, 0.1) is 18.3 Å². The van der Waals surface area contributed by atoms with Crippen LogP contribution in [0.4, 0.5) is 5.82 Å². The summed E-state index contributed by atoms with van der Waals surface area (Å²) in [6.07, 6.45) is 4.02. The van der Waals surface area contributed by atoms with E-state index in [0.717, 1.165) is 18.5 Å². The lowest BCUT2D eigenvalue weighted by atomic mass is 10.2. The van der Waals surface area contributed by atoms with Crippen molar-refractivity contribution in [2.45, 2.75) is 39.3 Å². The van der Waals surface area contributed by atoms with E-state index in [0.29, 0.717) is 18.4 Å². The number of nitrogens with zero attached hydrogens (tertiary/aromatic N) is 4. The number of aromatic nitrogens is 4. The second-order valence-electron chi connectivity index (χ2n) is 4.51. The van der Waals surface area contributed by atoms with Gasteiger partial charge in [-0.15, -0.1) is 0 Å². The van der Waals surface area contributed by atoms with E-state index in [9.17, 15) is 4.79 Å². The van der Waals surface area contributed by atoms with Crippen molar-refractivity contribution in [3.8, 4) is 0 Å². The summed E-state index contributed by atoms with van der Waals surface area (Å²) in [6.45, 7) is 4.62. The molecule has 0 aliphatic heterocycles. The van der Waals surface area contributed by atoms with E-state index in [2.05, 4.69) is 24.0 Å². The van der Waals surface area contributed by atoms with Crippen molar-refractivity contribution in [1.29, 1.82) is 0 Å². The van der Waals surface area contributed by atoms with Gasteiger partial charge in [0.15, 0.2) is 0 Å². The summed E-state index contributed by atoms with van der Waals surface area (Å²) in [7, 11) is 0. The molecule has 102 valence electrons. The van der Waals surface area contributed by atoms with Crippen LogP contribution in [0.15, 0.2) is 29.2 Å². The van der Waals surface area contributed by atoms with Gasteiger partial charge in [-0.3, -0.25) is 9.48 Å². The van der Waals surface area contributed by atoms with Gasteiger partial charge in [-0.25, -0.2) is 4.68 Å². The van der Waals surface area contributed by atoms with E-state index < -0.39 is 0 Å². The molecule has 6 nitrogen and oxygen atoms in total. The Morgan fingerprint density at radius 1 is 1.21 bits per heavy atom. The van der Waals surface area contributed by atoms with E-state index in [4.69, 9.17) is 5.73 Å². The van der Waals surface area contributed by atoms with Crippen LogP contribution in [0.3, 0.4) is 0 Å². The lowest BCUT2D eigenvalue weighted by Crippen LogP contribution is -2.23. The third-order valence-corrected chi connectivity index (χ3v) is 3.18. The minimum Gasteiger partial charge on any atom is -0.382 e. The second kappa shape index (κ2) is 5.69. The van der Waals surface area contributed by atoms with Gasteiger partial charge in [-0.05, 0) is 25.0 Å². The van der Waals surface area contributed by atoms with Crippen molar-refractivity contribution >= 4 is 5.82 Å². The molecular formula is C13H19N5O. The summed E-state index contributed by atoms with van der Waals surface area (Å²) in [4.78, 5) is 11.6. The summed E-state index contributed by atoms with van der Waals surface area (Å²) in [5, 5.41) is 8.49. The second-order valence-corrected chi connectivity index (χ2v) is 4.51. The molecule has 6 heteroatoms. The van der Waals surface area contributed by atoms with Crippen LogP contribution >= 0.6 is 0 Å². The fraction of sp³-hybridized carbons (Fsp3) is 0.462. The standard InChI is InChI=1S/C13H19N5O/c1-3-11(4-2)17-8-7-10(15-17)9-18-13(19)6-5-12(14)16-18/h5-8,11H,3-4,9H2,1-2H3,(H2,14,16). The van der Waals surface area contributed by atoms with Crippen LogP contribution in [0, 0.1) is 0 Å². The molecule has 2 heterocycles. The molecular weight excluding hydrogens is 242 g/mol. The molecule has 0 spiro atoms. The largest absolute Gasteiger partial charge is 0.382 e. The quantitative estimate of drug-likeness (QED) is 0.883. The topological polar surface area (TPSA) is 78.7 Å². The molecule has 0 fully saturated rings. The first-order chi connectivity index (χ1) is 9.13. The Bertz CT molecular complexity index is 597. The minimum absolute atomic E-state index is 0.175. The number of nitrogens with two attached hydrogens (primary N) is 1. The molecule has 0 aromatic carbocycles. The van der Waals surface area contributed by atoms with Crippen LogP contribution in [0.2, 0.25) is 0 Å². The lowest BCUT2D eigenvalue weighted by Gasteiger charge is -2.12. The molecule has 0 saturated carbocycles. The highest BCUT2D eigenvalue weighted by molar-refractivity contribution is 5.23. The van der Waals surface area contributed by atoms with Gasteiger partial charge in [-0.2, -0.15) is 10.2 Å². The van der Waals surface area contributed by atoms with Gasteiger partial charge in [0.25, 0.3) is 5.56 Å². The molecule has 2 aromatic rings. The zero-order chi connectivity index (χ0) is 13.8. The van der Waals surface area contributed by atoms with Gasteiger partial charge in [0.1, 0.15) is 5.82 Å². The molecule has 0 unspecified atom stereocenters. The molecule has 0 atom stereocenters. The Labute approximate surface area is 111 Å². The highest BCUT2D eigenvalue weighted by atomic mass is 16.1. The first-order valence-electron chi connectivity index (χ1n) is 6.51. The number of hydrogen-bond acceptors (Lipinski definition) is 4. The summed E-state index contributed by atoms with van der Waals surface area (Å²) < 4.78 is 3.28. The highest BCUT2D eigenvalue weighted by Gasteiger charge is 2.09. The predicted octanol–water partition coefficient (Wildman–Crippen LogP) is 1.43. The van der Waals surface area contributed by atoms with Crippen molar-refractivity contribution in [1.82, 2.24) is 19.6 Å². The zero-order valence-corrected chi connectivity index (χ0v) is 11.3. The number of hydrogen-bond donors (Lipinski definition) is 1. The van der Waals surface area contributed by atoms with Crippen molar-refractivity contribution in [2.24, 2.45) is 0 Å². The first kappa shape index (κ1) is 13.3. The summed E-state index contributed by atoms with van der Waals surface area (Å²) in [6, 6.07) is 5.23. The van der Waals surface area contributed by atoms with E-state index in [1.165, 1.54) is 16.8 Å². The Morgan fingerprint density at radius 3 is 2.63 bits per heavy atom. The Balaban J connectivity index is 2.20. The minimum atomic E-state index is -0.175. The maximum Gasteiger partial charge on any atom is 0.267 e. The molecule has 0 bridgehead atoms. The number of anilines is 1. The molecule has 2 aromatic heterocycles. The van der Waals surface area contributed by atoms with Gasteiger partial charge in [0.2, 0.25) is 0 Å². The Morgan fingerprint density at radius 2 is 1.95 bits per heavy atom. The summed E-state index contributed by atoms with van der Waals surface area (Å²) >= 11 is 0. The average Bonchev–Trinajstić information content (AvgIpc) is 2.84. The maximum absolute atomic E-state index is 11.6. The van der Waals surface area contributed by atoms with Crippen LogP contribution in [-0.4, -0.2) is 19.6 Å². The highest BCUT2D eigenvalue weighted by Crippen LogP contribution is 2.14. The Hall–Kier alpha value is -2.11. The van der Waals surface area contributed by atoms with E-state index in [1.807, 2.05) is 16.9 Å². The van der Waals surface area contributed by atoms with Gasteiger partial charge in [-0.1, -0.05) is 13.8 Å². The third-order valence-electron chi connectivity index (χ3n) is 3.18. The molecule has 2 N–H and O–H groups in total. The van der Waals surface area contributed by atoms with Gasteiger partial charge < -0.3 is 5.73 Å². The Kier molecular flexibility index (Phi) is 3.99. The van der Waals surface area contributed by atoms with E-state index in [-0.39, 0.29) is 5.56 Å². The fourth-order valence-electron chi connectivity index (χ4n) is 2.06. The van der Waals surface area contributed by atoms with Crippen molar-refractivity contribution in [3.63, 3.8) is 0 Å². The molecule has 2 rings (SSSR count). The maximum atomic E-state index is 11.6. The first-order valence-corrected chi connectivity index (χ1v) is 6.51. The van der Waals surface area contributed by atoms with Gasteiger partial charge in [0, 0.05) is 12.3 Å². The van der Waals surface area contributed by atoms with Crippen LogP contribution in [0.1, 0.15) is 38.4 Å². The van der Waals surface area contributed by atoms with Crippen LogP contribution in [0.5, 0.6) is 0 Å². The number of rotatable bonds is 5. The van der Waals surface area contributed by atoms with Crippen molar-refractivity contribution in [3.05, 3.63) is 40.4 Å². The fourth-order valence-corrected chi connectivity index (χ4v) is 2.06. The van der Waals surface area contributed by atoms with E-state index in [1.54, 1.807) is 0 Å². The summed E-state index contributed by atoms with van der Waals surface area (Å²) in [5.74, 6) is 0.332. The molecule has 0 aliphatic rings. The average molecular weight is 261 g/mol. The third kappa shape index (κ3) is 3.01. The lowest BCUT2D eigenvalue weighted by molar-refractivity contribution is 0.423.